The third kappa shape index (κ3) is 8.93. The lowest BCUT2D eigenvalue weighted by Gasteiger charge is -2.49. The van der Waals surface area contributed by atoms with Crippen molar-refractivity contribution in [2.24, 2.45) is 17.8 Å². The van der Waals surface area contributed by atoms with Crippen LogP contribution in [-0.4, -0.2) is 147 Å². The van der Waals surface area contributed by atoms with Gasteiger partial charge in [-0.05, 0) is 81.4 Å². The van der Waals surface area contributed by atoms with Crippen molar-refractivity contribution in [1.29, 1.82) is 0 Å². The van der Waals surface area contributed by atoms with Gasteiger partial charge in [-0.15, -0.1) is 0 Å². The van der Waals surface area contributed by atoms with E-state index in [1.165, 1.54) is 14.0 Å². The molecule has 14 heteroatoms. The number of esters is 1. The smallest absolute Gasteiger partial charge is 0.311 e. The molecule has 308 valence electrons. The Hall–Kier alpha value is -1.43. The van der Waals surface area contributed by atoms with Crippen LogP contribution < -0.4 is 0 Å². The van der Waals surface area contributed by atoms with E-state index in [0.717, 1.165) is 5.57 Å². The summed E-state index contributed by atoms with van der Waals surface area (Å²) in [6, 6.07) is -0.118. The lowest BCUT2D eigenvalue weighted by atomic mass is 9.78. The second-order valence-corrected chi connectivity index (χ2v) is 17.2. The number of hydrogen-bond donors (Lipinski definition) is 5. The van der Waals surface area contributed by atoms with Crippen LogP contribution in [0.2, 0.25) is 0 Å². The van der Waals surface area contributed by atoms with Crippen LogP contribution in [0.4, 0.5) is 0 Å². The molecule has 4 aliphatic rings. The SMILES string of the molecule is CO[C@]1(C)C[C@H](O[C@H]2[C@H](C)[C@@H](O[C@@H]3O[C@H](C)C[C@H](N(C)C(C)C)[C@H]3O)[C@@]3(C)CC(C)=C(O3)[C@@H](C)[C@@H](O)[C@](C)(O)[C@@H](CCO)OC(=O)[C@@H]2C)O[C@@H](C)[C@@H]1O. The number of aliphatic hydroxyl groups is 5. The van der Waals surface area contributed by atoms with E-state index in [1.54, 1.807) is 27.7 Å². The molecule has 0 aromatic rings. The lowest BCUT2D eigenvalue weighted by molar-refractivity contribution is -0.317. The van der Waals surface area contributed by atoms with Gasteiger partial charge in [0.1, 0.15) is 41.4 Å². The molecule has 0 spiro atoms. The summed E-state index contributed by atoms with van der Waals surface area (Å²) in [4.78, 5) is 16.3. The van der Waals surface area contributed by atoms with E-state index in [1.807, 2.05) is 34.7 Å². The van der Waals surface area contributed by atoms with Crippen molar-refractivity contribution < 1.29 is 63.5 Å². The van der Waals surface area contributed by atoms with Gasteiger partial charge in [-0.1, -0.05) is 13.8 Å². The number of rotatable bonds is 9. The van der Waals surface area contributed by atoms with Crippen molar-refractivity contribution in [3.8, 4) is 0 Å². The van der Waals surface area contributed by atoms with Gasteiger partial charge in [0, 0.05) is 56.9 Å². The van der Waals surface area contributed by atoms with Crippen molar-refractivity contribution in [2.45, 2.75) is 192 Å². The van der Waals surface area contributed by atoms with Crippen LogP contribution >= 0.6 is 0 Å². The Morgan fingerprint density at radius 1 is 0.981 bits per heavy atom. The Morgan fingerprint density at radius 2 is 1.62 bits per heavy atom. The lowest BCUT2D eigenvalue weighted by Crippen LogP contribution is -2.61. The fourth-order valence-electron chi connectivity index (χ4n) is 8.97. The number of nitrogens with zero attached hydrogens (tertiary/aromatic N) is 1. The molecule has 5 N–H and O–H groups in total. The Morgan fingerprint density at radius 3 is 2.21 bits per heavy atom. The number of hydrogen-bond acceptors (Lipinski definition) is 14. The molecule has 4 rings (SSSR count). The second kappa shape index (κ2) is 17.0. The third-order valence-corrected chi connectivity index (χ3v) is 12.6. The van der Waals surface area contributed by atoms with Crippen LogP contribution in [0.3, 0.4) is 0 Å². The predicted octanol–water partition coefficient (Wildman–Crippen LogP) is 2.64. The first kappa shape index (κ1) is 44.3. The summed E-state index contributed by atoms with van der Waals surface area (Å²) in [7, 11) is 3.48. The maximum Gasteiger partial charge on any atom is 0.311 e. The molecular weight excluding hydrogens is 690 g/mol. The van der Waals surface area contributed by atoms with E-state index in [-0.39, 0.29) is 31.0 Å². The third-order valence-electron chi connectivity index (χ3n) is 12.6. The fraction of sp³-hybridized carbons (Fsp3) is 0.923. The molecule has 17 atom stereocenters. The quantitative estimate of drug-likeness (QED) is 0.216. The minimum atomic E-state index is -1.98. The van der Waals surface area contributed by atoms with Crippen LogP contribution in [0.15, 0.2) is 11.3 Å². The highest BCUT2D eigenvalue weighted by Crippen LogP contribution is 2.47. The molecule has 0 aromatic heterocycles. The Kier molecular flexibility index (Phi) is 14.2. The van der Waals surface area contributed by atoms with Gasteiger partial charge in [0.25, 0.3) is 0 Å². The monoisotopic (exact) mass is 759 g/mol. The highest BCUT2D eigenvalue weighted by molar-refractivity contribution is 5.73. The molecule has 0 aromatic carbocycles. The van der Waals surface area contributed by atoms with Gasteiger partial charge in [0.2, 0.25) is 0 Å². The maximum atomic E-state index is 14.2. The minimum absolute atomic E-state index is 0.132. The van der Waals surface area contributed by atoms with Crippen LogP contribution in [0.25, 0.3) is 0 Å². The van der Waals surface area contributed by atoms with Gasteiger partial charge in [-0.3, -0.25) is 9.69 Å². The first-order chi connectivity index (χ1) is 24.5. The standard InChI is InChI=1S/C39H69NO13/c1-19(2)40(12)26-16-21(4)48-36(29(26)42)52-34-23(6)31(51-28-18-37(9,47-13)33(44)25(8)49-28)24(7)35(45)50-27(14-15-41)39(11,46)32(43)22(5)30-20(3)17-38(34,10)53-30/h19,21-29,31-34,36,41-44,46H,14-18H2,1-13H3/t21-,22-,23+,24-,25+,26+,27-,28+,29-,31+,32-,33+,34-,36+,37-,38-,39-/m1/s1. The molecule has 4 heterocycles. The molecular formula is C39H69NO13. The van der Waals surface area contributed by atoms with Crippen LogP contribution in [-0.2, 0) is 38.0 Å². The van der Waals surface area contributed by atoms with E-state index < -0.39 is 102 Å². The number of cyclic esters (lactones) is 1. The Labute approximate surface area is 316 Å². The molecule has 14 nitrogen and oxygen atoms in total. The zero-order valence-corrected chi connectivity index (χ0v) is 34.1. The topological polar surface area (TPSA) is 186 Å². The van der Waals surface area contributed by atoms with Crippen molar-refractivity contribution >= 4 is 5.97 Å². The summed E-state index contributed by atoms with van der Waals surface area (Å²) in [5, 5.41) is 56.2. The predicted molar refractivity (Wildman–Crippen MR) is 194 cm³/mol. The highest BCUT2D eigenvalue weighted by Gasteiger charge is 2.56. The molecule has 0 aliphatic carbocycles. The first-order valence-corrected chi connectivity index (χ1v) is 19.4. The van der Waals surface area contributed by atoms with E-state index in [0.29, 0.717) is 18.6 Å². The average Bonchev–Trinajstić information content (AvgIpc) is 3.41. The number of likely N-dealkylation sites (N-methyl/N-ethyl adjacent to an activating group) is 1. The molecule has 0 radical (unpaired) electrons. The zero-order valence-electron chi connectivity index (χ0n) is 34.1. The van der Waals surface area contributed by atoms with E-state index >= 15 is 0 Å². The molecule has 53 heavy (non-hydrogen) atoms. The summed E-state index contributed by atoms with van der Waals surface area (Å²) in [6.07, 6.45) is -8.53. The second-order valence-electron chi connectivity index (χ2n) is 17.2. The van der Waals surface area contributed by atoms with E-state index in [9.17, 15) is 30.3 Å². The molecule has 0 amide bonds. The van der Waals surface area contributed by atoms with Gasteiger partial charge in [-0.25, -0.2) is 0 Å². The average molecular weight is 760 g/mol. The molecule has 0 saturated carbocycles. The first-order valence-electron chi connectivity index (χ1n) is 19.4. The summed E-state index contributed by atoms with van der Waals surface area (Å²) < 4.78 is 44.8. The number of ether oxygens (including phenoxy) is 7. The van der Waals surface area contributed by atoms with E-state index in [4.69, 9.17) is 33.2 Å². The maximum absolute atomic E-state index is 14.2. The number of methoxy groups -OCH3 is 1. The van der Waals surface area contributed by atoms with Crippen LogP contribution in [0.5, 0.6) is 0 Å². The van der Waals surface area contributed by atoms with Crippen molar-refractivity contribution in [3.63, 3.8) is 0 Å². The van der Waals surface area contributed by atoms with Gasteiger partial charge in [0.05, 0.1) is 35.9 Å². The van der Waals surface area contributed by atoms with Crippen molar-refractivity contribution in [1.82, 2.24) is 4.90 Å². The van der Waals surface area contributed by atoms with Crippen LogP contribution in [0.1, 0.15) is 102 Å². The summed E-state index contributed by atoms with van der Waals surface area (Å²) in [5.41, 5.74) is -3.29. The van der Waals surface area contributed by atoms with Gasteiger partial charge < -0.3 is 58.7 Å². The largest absolute Gasteiger partial charge is 0.489 e. The molecule has 0 unspecified atom stereocenters. The fourth-order valence-corrected chi connectivity index (χ4v) is 8.97. The number of carbonyl (C=O) groups excluding carboxylic acids is 1. The summed E-state index contributed by atoms with van der Waals surface area (Å²) >= 11 is 0. The summed E-state index contributed by atoms with van der Waals surface area (Å²) in [6.45, 7) is 19.6. The zero-order chi connectivity index (χ0) is 40.0. The number of carbonyl (C=O) groups is 1. The van der Waals surface area contributed by atoms with Crippen molar-refractivity contribution in [3.05, 3.63) is 11.3 Å². The molecule has 3 fully saturated rings. The van der Waals surface area contributed by atoms with Gasteiger partial charge in [-0.2, -0.15) is 0 Å². The van der Waals surface area contributed by atoms with E-state index in [2.05, 4.69) is 18.7 Å². The minimum Gasteiger partial charge on any atom is -0.489 e. The Balaban J connectivity index is 1.85. The van der Waals surface area contributed by atoms with Crippen LogP contribution in [0, 0.1) is 17.8 Å². The highest BCUT2D eigenvalue weighted by atomic mass is 16.7. The van der Waals surface area contributed by atoms with Gasteiger partial charge >= 0.3 is 5.97 Å². The normalized spacial score (nSPS) is 47.5. The molecule has 3 saturated heterocycles. The number of fused-ring (bicyclic) bond motifs is 2. The summed E-state index contributed by atoms with van der Waals surface area (Å²) in [5.74, 6) is -2.70. The number of aliphatic hydroxyl groups excluding tert-OH is 4. The van der Waals surface area contributed by atoms with Gasteiger partial charge in [0.15, 0.2) is 12.6 Å². The molecule has 4 aliphatic heterocycles. The molecule has 2 bridgehead atoms. The Bertz CT molecular complexity index is 1280. The van der Waals surface area contributed by atoms with Crippen molar-refractivity contribution in [2.75, 3.05) is 20.8 Å².